The van der Waals surface area contributed by atoms with Crippen molar-refractivity contribution in [3.8, 4) is 17.2 Å². The molecule has 1 heterocycles. The first-order chi connectivity index (χ1) is 18.3. The fourth-order valence-corrected chi connectivity index (χ4v) is 3.65. The third-order valence-corrected chi connectivity index (χ3v) is 5.68. The third kappa shape index (κ3) is 6.44. The van der Waals surface area contributed by atoms with E-state index in [1.807, 2.05) is 30.3 Å². The minimum Gasteiger partial charge on any atom is -0.482 e. The van der Waals surface area contributed by atoms with Crippen molar-refractivity contribution in [1.82, 2.24) is 10.7 Å². The molecule has 0 saturated carbocycles. The largest absolute Gasteiger partial charge is 0.482 e. The Hall–Kier alpha value is -4.93. The van der Waals surface area contributed by atoms with Crippen molar-refractivity contribution in [1.29, 1.82) is 0 Å². The van der Waals surface area contributed by atoms with Crippen molar-refractivity contribution in [2.24, 2.45) is 11.0 Å². The molecule has 1 atom stereocenters. The number of hydrogen-bond acceptors (Lipinski definition) is 8. The number of amides is 2. The summed E-state index contributed by atoms with van der Waals surface area (Å²) in [6.45, 7) is 3.83. The Morgan fingerprint density at radius 2 is 1.84 bits per heavy atom. The molecule has 3 aromatic carbocycles. The summed E-state index contributed by atoms with van der Waals surface area (Å²) in [5.41, 5.74) is 3.74. The predicted octanol–water partition coefficient (Wildman–Crippen LogP) is 3.81. The van der Waals surface area contributed by atoms with Gasteiger partial charge in [-0.25, -0.2) is 5.43 Å². The Morgan fingerprint density at radius 3 is 2.58 bits per heavy atom. The maximum atomic E-state index is 12.8. The van der Waals surface area contributed by atoms with Crippen LogP contribution in [-0.4, -0.2) is 35.8 Å². The van der Waals surface area contributed by atoms with Crippen LogP contribution in [0.2, 0.25) is 0 Å². The molecule has 0 aliphatic carbocycles. The smallest absolute Gasteiger partial charge is 0.311 e. The van der Waals surface area contributed by atoms with Gasteiger partial charge in [0.05, 0.1) is 11.1 Å². The Kier molecular flexibility index (Phi) is 8.17. The lowest BCUT2D eigenvalue weighted by Crippen LogP contribution is -2.48. The van der Waals surface area contributed by atoms with E-state index in [0.29, 0.717) is 22.6 Å². The van der Waals surface area contributed by atoms with Gasteiger partial charge in [-0.15, -0.1) is 0 Å². The Balaban J connectivity index is 1.38. The topological polar surface area (TPSA) is 141 Å². The van der Waals surface area contributed by atoms with E-state index in [1.54, 1.807) is 38.1 Å². The van der Waals surface area contributed by atoms with Crippen LogP contribution in [0.15, 0.2) is 71.8 Å². The summed E-state index contributed by atoms with van der Waals surface area (Å²) in [6, 6.07) is 17.5. The Morgan fingerprint density at radius 1 is 1.08 bits per heavy atom. The van der Waals surface area contributed by atoms with Crippen molar-refractivity contribution in [2.75, 3.05) is 6.79 Å². The molecule has 11 nitrogen and oxygen atoms in total. The van der Waals surface area contributed by atoms with Crippen molar-refractivity contribution in [3.63, 3.8) is 0 Å². The summed E-state index contributed by atoms with van der Waals surface area (Å²) in [7, 11) is 0. The molecule has 1 aliphatic heterocycles. The van der Waals surface area contributed by atoms with E-state index in [0.717, 1.165) is 5.56 Å². The number of nitrogens with zero attached hydrogens (tertiary/aromatic N) is 2. The lowest BCUT2D eigenvalue weighted by Gasteiger charge is -2.20. The van der Waals surface area contributed by atoms with Crippen molar-refractivity contribution < 1.29 is 28.7 Å². The number of fused-ring (bicyclic) bond motifs is 1. The van der Waals surface area contributed by atoms with Crippen LogP contribution in [0.5, 0.6) is 17.2 Å². The van der Waals surface area contributed by atoms with Crippen LogP contribution in [0.4, 0.5) is 5.69 Å². The fourth-order valence-electron chi connectivity index (χ4n) is 3.65. The van der Waals surface area contributed by atoms with E-state index < -0.39 is 22.8 Å². The highest BCUT2D eigenvalue weighted by atomic mass is 16.7. The lowest BCUT2D eigenvalue weighted by molar-refractivity contribution is -0.385. The Bertz CT molecular complexity index is 1360. The maximum Gasteiger partial charge on any atom is 0.311 e. The van der Waals surface area contributed by atoms with E-state index in [2.05, 4.69) is 15.8 Å². The van der Waals surface area contributed by atoms with Crippen molar-refractivity contribution in [3.05, 3.63) is 93.5 Å². The van der Waals surface area contributed by atoms with E-state index in [9.17, 15) is 19.7 Å². The monoisotopic (exact) mass is 518 g/mol. The number of nitro groups is 1. The molecule has 11 heteroatoms. The van der Waals surface area contributed by atoms with E-state index >= 15 is 0 Å². The lowest BCUT2D eigenvalue weighted by atomic mass is 10.0. The minimum atomic E-state index is -0.881. The van der Waals surface area contributed by atoms with Gasteiger partial charge in [0.1, 0.15) is 12.6 Å². The summed E-state index contributed by atoms with van der Waals surface area (Å²) >= 11 is 0. The average Bonchev–Trinajstić information content (AvgIpc) is 3.39. The molecule has 0 fully saturated rings. The van der Waals surface area contributed by atoms with Crippen LogP contribution >= 0.6 is 0 Å². The normalized spacial score (nSPS) is 12.8. The highest BCUT2D eigenvalue weighted by molar-refractivity contribution is 5.98. The molecule has 0 bridgehead atoms. The molecule has 0 saturated heterocycles. The van der Waals surface area contributed by atoms with Crippen LogP contribution in [-0.2, 0) is 11.4 Å². The molecule has 2 N–H and O–H groups in total. The van der Waals surface area contributed by atoms with Gasteiger partial charge in [-0.1, -0.05) is 44.2 Å². The molecular weight excluding hydrogens is 492 g/mol. The van der Waals surface area contributed by atoms with E-state index in [1.165, 1.54) is 18.3 Å². The quantitative estimate of drug-likeness (QED) is 0.236. The van der Waals surface area contributed by atoms with Crippen molar-refractivity contribution >= 4 is 23.7 Å². The number of rotatable bonds is 10. The van der Waals surface area contributed by atoms with Crippen LogP contribution in [0.1, 0.15) is 35.3 Å². The zero-order valence-corrected chi connectivity index (χ0v) is 20.7. The van der Waals surface area contributed by atoms with Crippen molar-refractivity contribution in [2.45, 2.75) is 26.5 Å². The summed E-state index contributed by atoms with van der Waals surface area (Å²) in [6.07, 6.45) is 1.28. The van der Waals surface area contributed by atoms with Gasteiger partial charge in [-0.05, 0) is 41.8 Å². The molecule has 0 radical (unpaired) electrons. The molecule has 0 aromatic heterocycles. The number of nitro benzene ring substituents is 1. The van der Waals surface area contributed by atoms with Gasteiger partial charge >= 0.3 is 5.69 Å². The van der Waals surface area contributed by atoms with Gasteiger partial charge in [-0.3, -0.25) is 19.7 Å². The molecule has 38 heavy (non-hydrogen) atoms. The molecule has 3 aromatic rings. The van der Waals surface area contributed by atoms with Gasteiger partial charge in [-0.2, -0.15) is 5.10 Å². The second-order valence-electron chi connectivity index (χ2n) is 8.76. The predicted molar refractivity (Wildman–Crippen MR) is 138 cm³/mol. The molecule has 1 aliphatic rings. The summed E-state index contributed by atoms with van der Waals surface area (Å²) in [5, 5.41) is 18.2. The number of carbonyl (C=O) groups excluding carboxylic acids is 2. The standard InChI is InChI=1S/C27H26N4O7/c1-17(2)25(29-26(32)20-9-11-23-24(13-20)38-16-37-23)27(33)30-28-14-19-8-10-22(21(12-19)31(34)35)36-15-18-6-4-3-5-7-18/h3-14,17,25H,15-16H2,1-2H3,(H,29,32)(H,30,33)/t25-/m1/s1. The Labute approximate surface area is 218 Å². The van der Waals surface area contributed by atoms with Crippen LogP contribution in [0, 0.1) is 16.0 Å². The zero-order valence-electron chi connectivity index (χ0n) is 20.7. The highest BCUT2D eigenvalue weighted by Gasteiger charge is 2.25. The summed E-state index contributed by atoms with van der Waals surface area (Å²) in [4.78, 5) is 36.5. The van der Waals surface area contributed by atoms with E-state index in [-0.39, 0.29) is 30.8 Å². The van der Waals surface area contributed by atoms with Crippen LogP contribution < -0.4 is 25.0 Å². The maximum absolute atomic E-state index is 12.8. The number of hydrogen-bond donors (Lipinski definition) is 2. The second kappa shape index (κ2) is 11.9. The second-order valence-corrected chi connectivity index (χ2v) is 8.76. The number of benzene rings is 3. The van der Waals surface area contributed by atoms with Gasteiger partial charge in [0.25, 0.3) is 11.8 Å². The molecule has 4 rings (SSSR count). The zero-order chi connectivity index (χ0) is 27.1. The van der Waals surface area contributed by atoms with Gasteiger partial charge in [0, 0.05) is 17.2 Å². The first kappa shape index (κ1) is 26.1. The average molecular weight is 519 g/mol. The van der Waals surface area contributed by atoms with E-state index in [4.69, 9.17) is 14.2 Å². The first-order valence-electron chi connectivity index (χ1n) is 11.8. The number of nitrogens with one attached hydrogen (secondary N) is 2. The SMILES string of the molecule is CC(C)[C@@H](NC(=O)c1ccc2c(c1)OCO2)C(=O)NN=Cc1ccc(OCc2ccccc2)c([N+](=O)[O-])c1. The minimum absolute atomic E-state index is 0.0853. The number of hydrazone groups is 1. The third-order valence-electron chi connectivity index (χ3n) is 5.68. The molecule has 196 valence electrons. The fraction of sp³-hybridized carbons (Fsp3) is 0.222. The van der Waals surface area contributed by atoms with Gasteiger partial charge in [0.2, 0.25) is 6.79 Å². The van der Waals surface area contributed by atoms with Crippen LogP contribution in [0.25, 0.3) is 0 Å². The highest BCUT2D eigenvalue weighted by Crippen LogP contribution is 2.32. The summed E-state index contributed by atoms with van der Waals surface area (Å²) in [5.74, 6) is -0.120. The molecular formula is C27H26N4O7. The van der Waals surface area contributed by atoms with Gasteiger partial charge in [0.15, 0.2) is 17.2 Å². The molecule has 2 amide bonds. The number of ether oxygens (including phenoxy) is 3. The number of carbonyl (C=O) groups is 2. The molecule has 0 unspecified atom stereocenters. The molecule has 0 spiro atoms. The summed E-state index contributed by atoms with van der Waals surface area (Å²) < 4.78 is 16.2. The van der Waals surface area contributed by atoms with Crippen LogP contribution in [0.3, 0.4) is 0 Å². The van der Waals surface area contributed by atoms with Gasteiger partial charge < -0.3 is 19.5 Å². The first-order valence-corrected chi connectivity index (χ1v) is 11.8.